The highest BCUT2D eigenvalue weighted by atomic mass is 79.9. The number of halogens is 2. The summed E-state index contributed by atoms with van der Waals surface area (Å²) in [5.41, 5.74) is 0.738. The van der Waals surface area contributed by atoms with Crippen LogP contribution in [0.3, 0.4) is 0 Å². The van der Waals surface area contributed by atoms with Crippen LogP contribution < -0.4 is 14.2 Å². The number of nitrogens with zero attached hydrogens (tertiary/aromatic N) is 1. The fourth-order valence-corrected chi connectivity index (χ4v) is 3.46. The number of hydrogen-bond acceptors (Lipinski definition) is 5. The Labute approximate surface area is 175 Å². The zero-order valence-corrected chi connectivity index (χ0v) is 17.1. The van der Waals surface area contributed by atoms with Crippen LogP contribution >= 0.6 is 15.9 Å². The zero-order chi connectivity index (χ0) is 20.2. The van der Waals surface area contributed by atoms with Crippen molar-refractivity contribution < 1.29 is 28.1 Å². The molecule has 0 bridgehead atoms. The van der Waals surface area contributed by atoms with Crippen LogP contribution in [0.5, 0.6) is 17.2 Å². The largest absolute Gasteiger partial charge is 0.491 e. The lowest BCUT2D eigenvalue weighted by atomic mass is 10.2. The second-order valence-corrected chi connectivity index (χ2v) is 7.46. The SMILES string of the molecule is O=C(/C=C/c1ccc(F)c(Br)c1)N1CCOC(COc2ccc3c(c2)OCO3)C1. The van der Waals surface area contributed by atoms with Gasteiger partial charge in [-0.2, -0.15) is 0 Å². The van der Waals surface area contributed by atoms with Gasteiger partial charge in [0.1, 0.15) is 24.3 Å². The van der Waals surface area contributed by atoms with Crippen LogP contribution in [0.4, 0.5) is 4.39 Å². The standard InChI is InChI=1S/C21H19BrFNO5/c22-17-9-14(1-4-18(17)23)2-6-21(25)24-7-8-26-16(11-24)12-27-15-3-5-19-20(10-15)29-13-28-19/h1-6,9-10,16H,7-8,11-13H2/b6-2+. The fraction of sp³-hybridized carbons (Fsp3) is 0.286. The fourth-order valence-electron chi connectivity index (χ4n) is 3.07. The van der Waals surface area contributed by atoms with Crippen molar-refractivity contribution in [3.05, 3.63) is 58.3 Å². The maximum Gasteiger partial charge on any atom is 0.246 e. The van der Waals surface area contributed by atoms with Crippen molar-refractivity contribution in [2.75, 3.05) is 33.1 Å². The number of fused-ring (bicyclic) bond motifs is 1. The molecule has 6 nitrogen and oxygen atoms in total. The Balaban J connectivity index is 1.31. The molecule has 0 aliphatic carbocycles. The van der Waals surface area contributed by atoms with Crippen LogP contribution in [0, 0.1) is 5.82 Å². The van der Waals surface area contributed by atoms with Gasteiger partial charge in [-0.15, -0.1) is 0 Å². The minimum Gasteiger partial charge on any atom is -0.491 e. The van der Waals surface area contributed by atoms with Crippen LogP contribution in [-0.4, -0.2) is 50.0 Å². The van der Waals surface area contributed by atoms with E-state index in [0.29, 0.717) is 48.0 Å². The molecule has 2 heterocycles. The molecule has 0 aromatic heterocycles. The van der Waals surface area contributed by atoms with Gasteiger partial charge in [-0.05, 0) is 51.8 Å². The summed E-state index contributed by atoms with van der Waals surface area (Å²) in [6, 6.07) is 9.98. The second kappa shape index (κ2) is 8.84. The molecule has 152 valence electrons. The highest BCUT2D eigenvalue weighted by Crippen LogP contribution is 2.35. The smallest absolute Gasteiger partial charge is 0.246 e. The molecule has 0 radical (unpaired) electrons. The lowest BCUT2D eigenvalue weighted by Crippen LogP contribution is -2.47. The molecule has 1 saturated heterocycles. The van der Waals surface area contributed by atoms with Crippen molar-refractivity contribution in [1.29, 1.82) is 0 Å². The van der Waals surface area contributed by atoms with Crippen molar-refractivity contribution >= 4 is 27.9 Å². The first-order valence-corrected chi connectivity index (χ1v) is 9.94. The van der Waals surface area contributed by atoms with Crippen molar-refractivity contribution in [2.45, 2.75) is 6.10 Å². The molecule has 0 spiro atoms. The summed E-state index contributed by atoms with van der Waals surface area (Å²) in [7, 11) is 0. The molecular formula is C21H19BrFNO5. The van der Waals surface area contributed by atoms with E-state index in [1.54, 1.807) is 35.2 Å². The van der Waals surface area contributed by atoms with Gasteiger partial charge in [0.05, 0.1) is 17.6 Å². The van der Waals surface area contributed by atoms with E-state index in [9.17, 15) is 9.18 Å². The van der Waals surface area contributed by atoms with E-state index in [-0.39, 0.29) is 24.6 Å². The summed E-state index contributed by atoms with van der Waals surface area (Å²) in [5, 5.41) is 0. The predicted octanol–water partition coefficient (Wildman–Crippen LogP) is 3.64. The topological polar surface area (TPSA) is 57.2 Å². The minimum atomic E-state index is -0.341. The van der Waals surface area contributed by atoms with Gasteiger partial charge in [-0.1, -0.05) is 6.07 Å². The van der Waals surface area contributed by atoms with Gasteiger partial charge >= 0.3 is 0 Å². The number of amides is 1. The highest BCUT2D eigenvalue weighted by Gasteiger charge is 2.24. The maximum absolute atomic E-state index is 13.3. The normalized spacial score (nSPS) is 18.3. The van der Waals surface area contributed by atoms with Gasteiger partial charge in [0.15, 0.2) is 11.5 Å². The summed E-state index contributed by atoms with van der Waals surface area (Å²) >= 11 is 3.14. The number of carbonyl (C=O) groups is 1. The predicted molar refractivity (Wildman–Crippen MR) is 108 cm³/mol. The lowest BCUT2D eigenvalue weighted by molar-refractivity contribution is -0.134. The Morgan fingerprint density at radius 2 is 2.10 bits per heavy atom. The van der Waals surface area contributed by atoms with E-state index in [1.807, 2.05) is 6.07 Å². The molecule has 2 aromatic carbocycles. The zero-order valence-electron chi connectivity index (χ0n) is 15.5. The number of carbonyl (C=O) groups excluding carboxylic acids is 1. The molecule has 1 fully saturated rings. The van der Waals surface area contributed by atoms with Gasteiger partial charge in [-0.3, -0.25) is 4.79 Å². The first-order chi connectivity index (χ1) is 14.1. The Morgan fingerprint density at radius 1 is 1.24 bits per heavy atom. The van der Waals surface area contributed by atoms with Crippen LogP contribution in [0.1, 0.15) is 5.56 Å². The quantitative estimate of drug-likeness (QED) is 0.633. The summed E-state index contributed by atoms with van der Waals surface area (Å²) in [4.78, 5) is 14.2. The van der Waals surface area contributed by atoms with Crippen molar-refractivity contribution in [2.24, 2.45) is 0 Å². The van der Waals surface area contributed by atoms with E-state index in [1.165, 1.54) is 12.1 Å². The summed E-state index contributed by atoms with van der Waals surface area (Å²) in [6.45, 7) is 1.91. The third-order valence-electron chi connectivity index (χ3n) is 4.59. The monoisotopic (exact) mass is 463 g/mol. The molecule has 4 rings (SSSR count). The minimum absolute atomic E-state index is 0.123. The second-order valence-electron chi connectivity index (χ2n) is 6.61. The Hall–Kier alpha value is -2.58. The van der Waals surface area contributed by atoms with Crippen LogP contribution in [0.2, 0.25) is 0 Å². The van der Waals surface area contributed by atoms with Gasteiger partial charge in [0, 0.05) is 18.7 Å². The Bertz CT molecular complexity index is 935. The Morgan fingerprint density at radius 3 is 2.97 bits per heavy atom. The molecule has 8 heteroatoms. The van der Waals surface area contributed by atoms with E-state index in [4.69, 9.17) is 18.9 Å². The maximum atomic E-state index is 13.3. The van der Waals surface area contributed by atoms with Crippen molar-refractivity contribution in [1.82, 2.24) is 4.90 Å². The molecule has 1 unspecified atom stereocenters. The molecule has 1 atom stereocenters. The van der Waals surface area contributed by atoms with Crippen LogP contribution in [0.25, 0.3) is 6.08 Å². The first kappa shape index (κ1) is 19.7. The van der Waals surface area contributed by atoms with Gasteiger partial charge < -0.3 is 23.8 Å². The summed E-state index contributed by atoms with van der Waals surface area (Å²) in [6.07, 6.45) is 2.92. The van der Waals surface area contributed by atoms with E-state index >= 15 is 0 Å². The molecule has 0 saturated carbocycles. The lowest BCUT2D eigenvalue weighted by Gasteiger charge is -2.32. The number of ether oxygens (including phenoxy) is 4. The van der Waals surface area contributed by atoms with E-state index in [2.05, 4.69) is 15.9 Å². The first-order valence-electron chi connectivity index (χ1n) is 9.14. The van der Waals surface area contributed by atoms with Crippen molar-refractivity contribution in [3.8, 4) is 17.2 Å². The molecule has 29 heavy (non-hydrogen) atoms. The average Bonchev–Trinajstić information content (AvgIpc) is 3.21. The third kappa shape index (κ3) is 4.89. The van der Waals surface area contributed by atoms with Gasteiger partial charge in [-0.25, -0.2) is 4.39 Å². The molecule has 1 amide bonds. The number of morpholine rings is 1. The van der Waals surface area contributed by atoms with Gasteiger partial charge in [0.2, 0.25) is 12.7 Å². The summed E-state index contributed by atoms with van der Waals surface area (Å²) < 4.78 is 35.8. The van der Waals surface area contributed by atoms with E-state index < -0.39 is 0 Å². The molecular weight excluding hydrogens is 445 g/mol. The average molecular weight is 464 g/mol. The van der Waals surface area contributed by atoms with Gasteiger partial charge in [0.25, 0.3) is 0 Å². The third-order valence-corrected chi connectivity index (χ3v) is 5.20. The molecule has 2 aliphatic rings. The number of rotatable bonds is 5. The molecule has 2 aliphatic heterocycles. The molecule has 0 N–H and O–H groups in total. The van der Waals surface area contributed by atoms with Crippen molar-refractivity contribution in [3.63, 3.8) is 0 Å². The number of benzene rings is 2. The number of hydrogen-bond donors (Lipinski definition) is 0. The van der Waals surface area contributed by atoms with Crippen LogP contribution in [0.15, 0.2) is 46.9 Å². The van der Waals surface area contributed by atoms with E-state index in [0.717, 1.165) is 5.56 Å². The molecule has 2 aromatic rings. The highest BCUT2D eigenvalue weighted by molar-refractivity contribution is 9.10. The Kier molecular flexibility index (Phi) is 6.01. The summed E-state index contributed by atoms with van der Waals surface area (Å²) in [5.74, 6) is 1.54. The van der Waals surface area contributed by atoms with Crippen LogP contribution in [-0.2, 0) is 9.53 Å².